The molecule has 19 heavy (non-hydrogen) atoms. The van der Waals surface area contributed by atoms with Gasteiger partial charge in [-0.2, -0.15) is 9.49 Å². The van der Waals surface area contributed by atoms with Crippen molar-refractivity contribution in [3.8, 4) is 0 Å². The van der Waals surface area contributed by atoms with E-state index in [1.54, 1.807) is 6.92 Å². The summed E-state index contributed by atoms with van der Waals surface area (Å²) < 4.78 is 13.1. The summed E-state index contributed by atoms with van der Waals surface area (Å²) in [5.41, 5.74) is 0.321. The molecule has 0 saturated carbocycles. The third kappa shape index (κ3) is 2.57. The summed E-state index contributed by atoms with van der Waals surface area (Å²) in [5.74, 6) is -1.44. The predicted octanol–water partition coefficient (Wildman–Crippen LogP) is 2.02. The standard InChI is InChI=1S/C11H9FN4O3/c1-6-8(5-13-15-6)11(17)14-7-2-3-9(12)10(4-7)16(18)19/h2-5H,1H3,(H,13,15)(H,14,17). The molecule has 2 aromatic rings. The molecule has 0 aliphatic carbocycles. The maximum Gasteiger partial charge on any atom is 0.306 e. The number of nitrogens with one attached hydrogen (secondary N) is 2. The molecule has 0 radical (unpaired) electrons. The number of halogens is 1. The molecular formula is C11H9FN4O3. The van der Waals surface area contributed by atoms with Gasteiger partial charge in [0.1, 0.15) is 0 Å². The molecule has 0 atom stereocenters. The molecule has 2 rings (SSSR count). The Morgan fingerprint density at radius 2 is 2.26 bits per heavy atom. The number of aromatic amines is 1. The van der Waals surface area contributed by atoms with Gasteiger partial charge in [-0.15, -0.1) is 0 Å². The van der Waals surface area contributed by atoms with Crippen molar-refractivity contribution in [2.24, 2.45) is 0 Å². The highest BCUT2D eigenvalue weighted by Crippen LogP contribution is 2.22. The van der Waals surface area contributed by atoms with Crippen LogP contribution in [0, 0.1) is 22.9 Å². The van der Waals surface area contributed by atoms with E-state index < -0.39 is 22.3 Å². The number of nitrogens with zero attached hydrogens (tertiary/aromatic N) is 2. The zero-order valence-electron chi connectivity index (χ0n) is 9.81. The number of nitro benzene ring substituents is 1. The lowest BCUT2D eigenvalue weighted by Gasteiger charge is -2.04. The first-order valence-electron chi connectivity index (χ1n) is 5.24. The number of carbonyl (C=O) groups is 1. The van der Waals surface area contributed by atoms with Gasteiger partial charge in [0.25, 0.3) is 5.91 Å². The van der Waals surface area contributed by atoms with Crippen LogP contribution in [0.5, 0.6) is 0 Å². The smallest absolute Gasteiger partial charge is 0.306 e. The van der Waals surface area contributed by atoms with Crippen LogP contribution in [0.2, 0.25) is 0 Å². The van der Waals surface area contributed by atoms with Crippen molar-refractivity contribution < 1.29 is 14.1 Å². The number of aryl methyl sites for hydroxylation is 1. The van der Waals surface area contributed by atoms with Crippen molar-refractivity contribution in [2.75, 3.05) is 5.32 Å². The van der Waals surface area contributed by atoms with Crippen LogP contribution in [0.25, 0.3) is 0 Å². The van der Waals surface area contributed by atoms with E-state index in [2.05, 4.69) is 15.5 Å². The van der Waals surface area contributed by atoms with Crippen molar-refractivity contribution in [1.29, 1.82) is 0 Å². The van der Waals surface area contributed by atoms with Crippen LogP contribution >= 0.6 is 0 Å². The molecule has 7 nitrogen and oxygen atoms in total. The Bertz CT molecular complexity index is 653. The quantitative estimate of drug-likeness (QED) is 0.654. The van der Waals surface area contributed by atoms with Crippen LogP contribution in [-0.4, -0.2) is 21.0 Å². The second-order valence-electron chi connectivity index (χ2n) is 3.79. The third-order valence-corrected chi connectivity index (χ3v) is 2.48. The number of nitro groups is 1. The Hall–Kier alpha value is -2.77. The molecule has 2 N–H and O–H groups in total. The molecule has 1 heterocycles. The SMILES string of the molecule is Cc1[nH]ncc1C(=O)Nc1ccc(F)c([N+](=O)[O-])c1. The van der Waals surface area contributed by atoms with Crippen molar-refractivity contribution >= 4 is 17.3 Å². The number of amides is 1. The molecule has 0 aliphatic heterocycles. The number of rotatable bonds is 3. The van der Waals surface area contributed by atoms with Gasteiger partial charge >= 0.3 is 5.69 Å². The highest BCUT2D eigenvalue weighted by atomic mass is 19.1. The van der Waals surface area contributed by atoms with Crippen LogP contribution in [0.4, 0.5) is 15.8 Å². The number of hydrogen-bond donors (Lipinski definition) is 2. The first kappa shape index (κ1) is 12.7. The summed E-state index contributed by atoms with van der Waals surface area (Å²) >= 11 is 0. The van der Waals surface area contributed by atoms with Crippen molar-refractivity contribution in [3.05, 3.63) is 51.6 Å². The molecule has 0 saturated heterocycles. The number of carbonyl (C=O) groups excluding carboxylic acids is 1. The normalized spacial score (nSPS) is 10.2. The van der Waals surface area contributed by atoms with Crippen molar-refractivity contribution in [3.63, 3.8) is 0 Å². The summed E-state index contributed by atoms with van der Waals surface area (Å²) in [5, 5.41) is 19.3. The van der Waals surface area contributed by atoms with Gasteiger partial charge in [0.2, 0.25) is 5.82 Å². The lowest BCUT2D eigenvalue weighted by atomic mass is 10.2. The second-order valence-corrected chi connectivity index (χ2v) is 3.79. The molecular weight excluding hydrogens is 255 g/mol. The summed E-state index contributed by atoms with van der Waals surface area (Å²) in [6, 6.07) is 3.13. The maximum atomic E-state index is 13.1. The highest BCUT2D eigenvalue weighted by molar-refractivity contribution is 6.04. The van der Waals surface area contributed by atoms with E-state index in [1.165, 1.54) is 12.3 Å². The average Bonchev–Trinajstić information content (AvgIpc) is 2.77. The highest BCUT2D eigenvalue weighted by Gasteiger charge is 2.16. The molecule has 0 bridgehead atoms. The number of benzene rings is 1. The zero-order valence-corrected chi connectivity index (χ0v) is 9.81. The summed E-state index contributed by atoms with van der Waals surface area (Å²) in [6.45, 7) is 1.66. The summed E-state index contributed by atoms with van der Waals surface area (Å²) in [7, 11) is 0. The van der Waals surface area contributed by atoms with E-state index in [-0.39, 0.29) is 5.69 Å². The maximum absolute atomic E-state index is 13.1. The Morgan fingerprint density at radius 1 is 1.53 bits per heavy atom. The monoisotopic (exact) mass is 264 g/mol. The van der Waals surface area contributed by atoms with E-state index in [9.17, 15) is 19.3 Å². The lowest BCUT2D eigenvalue weighted by Crippen LogP contribution is -2.12. The second kappa shape index (κ2) is 4.84. The zero-order chi connectivity index (χ0) is 14.0. The molecule has 0 unspecified atom stereocenters. The Morgan fingerprint density at radius 3 is 2.84 bits per heavy atom. The van der Waals surface area contributed by atoms with E-state index in [1.807, 2.05) is 0 Å². The van der Waals surface area contributed by atoms with Crippen LogP contribution < -0.4 is 5.32 Å². The van der Waals surface area contributed by atoms with E-state index >= 15 is 0 Å². The third-order valence-electron chi connectivity index (χ3n) is 2.48. The largest absolute Gasteiger partial charge is 0.322 e. The Balaban J connectivity index is 2.25. The number of aromatic nitrogens is 2. The van der Waals surface area contributed by atoms with Crippen LogP contribution in [-0.2, 0) is 0 Å². The molecule has 0 fully saturated rings. The van der Waals surface area contributed by atoms with Crippen molar-refractivity contribution in [2.45, 2.75) is 6.92 Å². The summed E-state index contributed by atoms with van der Waals surface area (Å²) in [6.07, 6.45) is 1.34. The average molecular weight is 264 g/mol. The fourth-order valence-electron chi connectivity index (χ4n) is 1.51. The molecule has 1 amide bonds. The van der Waals surface area contributed by atoms with Gasteiger partial charge in [-0.3, -0.25) is 20.0 Å². The van der Waals surface area contributed by atoms with E-state index in [0.29, 0.717) is 11.3 Å². The van der Waals surface area contributed by atoms with Gasteiger partial charge in [-0.25, -0.2) is 0 Å². The predicted molar refractivity (Wildman–Crippen MR) is 64.3 cm³/mol. The van der Waals surface area contributed by atoms with Crippen LogP contribution in [0.1, 0.15) is 16.1 Å². The minimum atomic E-state index is -0.956. The Kier molecular flexibility index (Phi) is 3.23. The fourth-order valence-corrected chi connectivity index (χ4v) is 1.51. The topological polar surface area (TPSA) is 101 Å². The van der Waals surface area contributed by atoms with Crippen molar-refractivity contribution in [1.82, 2.24) is 10.2 Å². The van der Waals surface area contributed by atoms with Gasteiger partial charge in [-0.1, -0.05) is 0 Å². The number of anilines is 1. The Labute approximate surface area is 106 Å². The van der Waals surface area contributed by atoms with Gasteiger partial charge in [0, 0.05) is 17.4 Å². The minimum absolute atomic E-state index is 0.138. The molecule has 0 spiro atoms. The first-order valence-corrected chi connectivity index (χ1v) is 5.24. The fraction of sp³-hybridized carbons (Fsp3) is 0.0909. The van der Waals surface area contributed by atoms with Gasteiger partial charge < -0.3 is 5.32 Å². The molecule has 0 aliphatic rings. The molecule has 8 heteroatoms. The van der Waals surface area contributed by atoms with Gasteiger partial charge in [-0.05, 0) is 19.1 Å². The van der Waals surface area contributed by atoms with Gasteiger partial charge in [0.05, 0.1) is 16.7 Å². The lowest BCUT2D eigenvalue weighted by molar-refractivity contribution is -0.387. The van der Waals surface area contributed by atoms with Gasteiger partial charge in [0.15, 0.2) is 0 Å². The van der Waals surface area contributed by atoms with Crippen LogP contribution in [0.15, 0.2) is 24.4 Å². The number of hydrogen-bond acceptors (Lipinski definition) is 4. The number of H-pyrrole nitrogens is 1. The minimum Gasteiger partial charge on any atom is -0.322 e. The van der Waals surface area contributed by atoms with E-state index in [4.69, 9.17) is 0 Å². The molecule has 1 aromatic carbocycles. The summed E-state index contributed by atoms with van der Waals surface area (Å²) in [4.78, 5) is 21.6. The van der Waals surface area contributed by atoms with E-state index in [0.717, 1.165) is 12.1 Å². The molecule has 98 valence electrons. The van der Waals surface area contributed by atoms with Crippen LogP contribution in [0.3, 0.4) is 0 Å². The molecule has 1 aromatic heterocycles. The first-order chi connectivity index (χ1) is 8.99.